The first-order valence-electron chi connectivity index (χ1n) is 9.06. The average molecular weight is 397 g/mol. The van der Waals surface area contributed by atoms with Crippen LogP contribution in [-0.2, 0) is 4.79 Å². The number of rotatable bonds is 0. The van der Waals surface area contributed by atoms with Crippen LogP contribution in [0.25, 0.3) is 0 Å². The highest BCUT2D eigenvalue weighted by atomic mass is 79.9. The maximum atomic E-state index is 15.7. The van der Waals surface area contributed by atoms with E-state index >= 15 is 4.39 Å². The van der Waals surface area contributed by atoms with Gasteiger partial charge in [-0.2, -0.15) is 0 Å². The summed E-state index contributed by atoms with van der Waals surface area (Å²) in [7, 11) is 0. The van der Waals surface area contributed by atoms with E-state index in [1.54, 1.807) is 12.2 Å². The molecule has 2 nitrogen and oxygen atoms in total. The van der Waals surface area contributed by atoms with E-state index in [1.165, 1.54) is 0 Å². The monoisotopic (exact) mass is 396 g/mol. The summed E-state index contributed by atoms with van der Waals surface area (Å²) < 4.78 is 15.1. The summed E-state index contributed by atoms with van der Waals surface area (Å²) >= 11 is 3.89. The van der Waals surface area contributed by atoms with Crippen LogP contribution in [0.3, 0.4) is 0 Å². The van der Waals surface area contributed by atoms with Gasteiger partial charge in [0.1, 0.15) is 6.17 Å². The van der Waals surface area contributed by atoms with Gasteiger partial charge in [0.05, 0.1) is 9.93 Å². The molecule has 3 fully saturated rings. The molecule has 4 heteroatoms. The Morgan fingerprint density at radius 3 is 2.67 bits per heavy atom. The van der Waals surface area contributed by atoms with E-state index in [4.69, 9.17) is 0 Å². The smallest absolute Gasteiger partial charge is 0.178 e. The van der Waals surface area contributed by atoms with Crippen LogP contribution in [0.4, 0.5) is 4.39 Å². The van der Waals surface area contributed by atoms with E-state index in [1.807, 2.05) is 13.0 Å². The Labute approximate surface area is 151 Å². The lowest BCUT2D eigenvalue weighted by Crippen LogP contribution is -2.66. The third kappa shape index (κ3) is 1.77. The fourth-order valence-electron chi connectivity index (χ4n) is 6.37. The number of fused-ring (bicyclic) bond motifs is 5. The number of alkyl halides is 2. The van der Waals surface area contributed by atoms with E-state index in [2.05, 4.69) is 29.8 Å². The van der Waals surface area contributed by atoms with Crippen LogP contribution in [0.5, 0.6) is 0 Å². The fourth-order valence-corrected chi connectivity index (χ4v) is 7.46. The van der Waals surface area contributed by atoms with Crippen LogP contribution >= 0.6 is 15.9 Å². The molecule has 0 aromatic heterocycles. The molecule has 4 rings (SSSR count). The average Bonchev–Trinajstić information content (AvgIpc) is 2.72. The molecular formula is C20H26BrFO2. The zero-order chi connectivity index (χ0) is 17.5. The van der Waals surface area contributed by atoms with Crippen molar-refractivity contribution in [1.29, 1.82) is 0 Å². The Balaban J connectivity index is 1.84. The Morgan fingerprint density at radius 1 is 1.25 bits per heavy atom. The van der Waals surface area contributed by atoms with Gasteiger partial charge in [0.15, 0.2) is 5.78 Å². The zero-order valence-electron chi connectivity index (χ0n) is 14.6. The SMILES string of the molecule is C[C@]12C=CC(=O)C=C1CC[C@H]1[C@@H]3CC[C@@](C)(O)[C@@]3(C)C[C@@H](F)[C@@]12Br. The number of halogens is 2. The molecule has 0 aliphatic heterocycles. The molecule has 0 saturated heterocycles. The summed E-state index contributed by atoms with van der Waals surface area (Å²) in [5.74, 6) is 0.486. The highest BCUT2D eigenvalue weighted by Gasteiger charge is 2.71. The first-order valence-corrected chi connectivity index (χ1v) is 9.85. The van der Waals surface area contributed by atoms with Crippen molar-refractivity contribution in [3.63, 3.8) is 0 Å². The van der Waals surface area contributed by atoms with Gasteiger partial charge in [0.25, 0.3) is 0 Å². The van der Waals surface area contributed by atoms with Gasteiger partial charge in [0.2, 0.25) is 0 Å². The van der Waals surface area contributed by atoms with Crippen LogP contribution in [0.1, 0.15) is 52.9 Å². The number of carbonyl (C=O) groups excluding carboxylic acids is 1. The van der Waals surface area contributed by atoms with Crippen molar-refractivity contribution >= 4 is 21.7 Å². The van der Waals surface area contributed by atoms with Crippen molar-refractivity contribution in [3.8, 4) is 0 Å². The van der Waals surface area contributed by atoms with Crippen LogP contribution in [0, 0.1) is 22.7 Å². The van der Waals surface area contributed by atoms with Gasteiger partial charge in [-0.15, -0.1) is 0 Å². The second-order valence-electron chi connectivity index (χ2n) is 9.03. The molecule has 0 heterocycles. The molecule has 0 aromatic carbocycles. The van der Waals surface area contributed by atoms with E-state index in [9.17, 15) is 9.90 Å². The third-order valence-electron chi connectivity index (χ3n) is 8.16. The van der Waals surface area contributed by atoms with Gasteiger partial charge in [-0.25, -0.2) is 4.39 Å². The topological polar surface area (TPSA) is 37.3 Å². The first kappa shape index (κ1) is 17.0. The first-order chi connectivity index (χ1) is 11.1. The highest BCUT2D eigenvalue weighted by molar-refractivity contribution is 9.10. The quantitative estimate of drug-likeness (QED) is 0.611. The van der Waals surface area contributed by atoms with E-state index < -0.39 is 21.5 Å². The number of hydrogen-bond acceptors (Lipinski definition) is 2. The molecule has 4 aliphatic carbocycles. The molecule has 24 heavy (non-hydrogen) atoms. The lowest BCUT2D eigenvalue weighted by Gasteiger charge is -2.63. The predicted octanol–water partition coefficient (Wildman–Crippen LogP) is 4.51. The van der Waals surface area contributed by atoms with Crippen molar-refractivity contribution in [2.24, 2.45) is 22.7 Å². The van der Waals surface area contributed by atoms with E-state index in [0.29, 0.717) is 12.3 Å². The molecule has 132 valence electrons. The van der Waals surface area contributed by atoms with Crippen molar-refractivity contribution < 1.29 is 14.3 Å². The van der Waals surface area contributed by atoms with Gasteiger partial charge in [-0.05, 0) is 63.0 Å². The molecule has 0 bridgehead atoms. The van der Waals surface area contributed by atoms with Crippen molar-refractivity contribution in [3.05, 3.63) is 23.8 Å². The minimum atomic E-state index is -1.06. The molecule has 1 N–H and O–H groups in total. The van der Waals surface area contributed by atoms with E-state index in [-0.39, 0.29) is 17.1 Å². The molecule has 4 aliphatic rings. The van der Waals surface area contributed by atoms with Crippen LogP contribution in [0.2, 0.25) is 0 Å². The van der Waals surface area contributed by atoms with Crippen LogP contribution in [0.15, 0.2) is 23.8 Å². The van der Waals surface area contributed by atoms with Gasteiger partial charge in [0, 0.05) is 10.8 Å². The Morgan fingerprint density at radius 2 is 1.96 bits per heavy atom. The summed E-state index contributed by atoms with van der Waals surface area (Å²) in [6.45, 7) is 6.04. The zero-order valence-corrected chi connectivity index (χ0v) is 16.2. The highest BCUT2D eigenvalue weighted by Crippen LogP contribution is 2.71. The lowest BCUT2D eigenvalue weighted by molar-refractivity contribution is -0.127. The summed E-state index contributed by atoms with van der Waals surface area (Å²) in [6.07, 6.45) is 7.96. The Bertz CT molecular complexity index is 669. The maximum absolute atomic E-state index is 15.7. The Hall–Kier alpha value is -0.480. The second kappa shape index (κ2) is 4.82. The number of allylic oxidation sites excluding steroid dienone is 4. The molecule has 0 spiro atoms. The molecule has 3 saturated carbocycles. The summed E-state index contributed by atoms with van der Waals surface area (Å²) in [5.41, 5.74) is -0.593. The molecular weight excluding hydrogens is 371 g/mol. The number of hydrogen-bond donors (Lipinski definition) is 1. The van der Waals surface area contributed by atoms with E-state index in [0.717, 1.165) is 31.3 Å². The summed E-state index contributed by atoms with van der Waals surface area (Å²) in [6, 6.07) is 0. The van der Waals surface area contributed by atoms with Gasteiger partial charge in [-0.1, -0.05) is 41.4 Å². The maximum Gasteiger partial charge on any atom is 0.178 e. The largest absolute Gasteiger partial charge is 0.390 e. The molecule has 7 atom stereocenters. The van der Waals surface area contributed by atoms with Crippen molar-refractivity contribution in [2.75, 3.05) is 0 Å². The predicted molar refractivity (Wildman–Crippen MR) is 95.7 cm³/mol. The van der Waals surface area contributed by atoms with Gasteiger partial charge in [-0.3, -0.25) is 4.79 Å². The summed E-state index contributed by atoms with van der Waals surface area (Å²) in [5, 5.41) is 10.9. The number of ketones is 1. The fraction of sp³-hybridized carbons (Fsp3) is 0.750. The molecule has 0 radical (unpaired) electrons. The molecule has 0 unspecified atom stereocenters. The summed E-state index contributed by atoms with van der Waals surface area (Å²) in [4.78, 5) is 11.8. The van der Waals surface area contributed by atoms with Crippen molar-refractivity contribution in [1.82, 2.24) is 0 Å². The second-order valence-corrected chi connectivity index (χ2v) is 10.3. The minimum Gasteiger partial charge on any atom is -0.390 e. The number of carbonyl (C=O) groups is 1. The normalized spacial score (nSPS) is 56.3. The van der Waals surface area contributed by atoms with Crippen LogP contribution < -0.4 is 0 Å². The molecule has 0 amide bonds. The van der Waals surface area contributed by atoms with Crippen LogP contribution in [-0.4, -0.2) is 27.0 Å². The lowest BCUT2D eigenvalue weighted by atomic mass is 9.46. The minimum absolute atomic E-state index is 0.0110. The van der Waals surface area contributed by atoms with Crippen molar-refractivity contribution in [2.45, 2.75) is 69.0 Å². The molecule has 0 aromatic rings. The third-order valence-corrected chi connectivity index (χ3v) is 10.1. The van der Waals surface area contributed by atoms with Gasteiger partial charge < -0.3 is 5.11 Å². The standard InChI is InChI=1S/C20H26BrFO2/c1-17-8-6-13(23)10-12(17)4-5-15-14-7-9-19(3,24)18(14,2)11-16(22)20(15,17)21/h6,8,10,14-16,24H,4-5,7,9,11H2,1-3H3/t14-,15-,16+,17-,18-,19+,20-/m0/s1. The number of aliphatic hydroxyl groups is 1. The Kier molecular flexibility index (Phi) is 3.41. The van der Waals surface area contributed by atoms with Gasteiger partial charge >= 0.3 is 0 Å².